The molecular formula is C23H30FN5O2. The molecule has 1 amide bonds. The van der Waals surface area contributed by atoms with Crippen LogP contribution in [-0.2, 0) is 4.79 Å². The molecule has 0 saturated carbocycles. The maximum Gasteiger partial charge on any atom is 0.232 e. The molecule has 7 nitrogen and oxygen atoms in total. The van der Waals surface area contributed by atoms with E-state index >= 15 is 0 Å². The van der Waals surface area contributed by atoms with Crippen molar-refractivity contribution >= 4 is 5.91 Å². The van der Waals surface area contributed by atoms with E-state index in [0.717, 1.165) is 57.5 Å². The number of likely N-dealkylation sites (tertiary alicyclic amines) is 3. The predicted molar refractivity (Wildman–Crippen MR) is 114 cm³/mol. The largest absolute Gasteiger partial charge is 0.341 e. The van der Waals surface area contributed by atoms with Gasteiger partial charge in [-0.2, -0.15) is 4.98 Å². The quantitative estimate of drug-likeness (QED) is 0.750. The Bertz CT molecular complexity index is 940. The third-order valence-corrected chi connectivity index (χ3v) is 7.45. The van der Waals surface area contributed by atoms with E-state index in [2.05, 4.69) is 38.9 Å². The third kappa shape index (κ3) is 3.87. The molecule has 4 heterocycles. The molecule has 166 valence electrons. The van der Waals surface area contributed by atoms with E-state index in [-0.39, 0.29) is 29.0 Å². The number of benzene rings is 1. The van der Waals surface area contributed by atoms with Crippen LogP contribution in [0.4, 0.5) is 4.39 Å². The van der Waals surface area contributed by atoms with E-state index in [9.17, 15) is 9.18 Å². The van der Waals surface area contributed by atoms with E-state index in [4.69, 9.17) is 4.52 Å². The highest BCUT2D eigenvalue weighted by Crippen LogP contribution is 2.49. The Morgan fingerprint density at radius 1 is 1.10 bits per heavy atom. The van der Waals surface area contributed by atoms with Gasteiger partial charge in [-0.15, -0.1) is 0 Å². The molecule has 0 unspecified atom stereocenters. The van der Waals surface area contributed by atoms with Crippen LogP contribution in [0.3, 0.4) is 0 Å². The molecule has 0 aliphatic carbocycles. The first-order valence-electron chi connectivity index (χ1n) is 11.2. The van der Waals surface area contributed by atoms with Gasteiger partial charge in [-0.3, -0.25) is 4.79 Å². The number of carbonyl (C=O) groups excluding carboxylic acids is 1. The van der Waals surface area contributed by atoms with Crippen LogP contribution in [0.15, 0.2) is 28.8 Å². The Hall–Kier alpha value is -2.32. The van der Waals surface area contributed by atoms with Gasteiger partial charge >= 0.3 is 0 Å². The van der Waals surface area contributed by atoms with Gasteiger partial charge in [-0.05, 0) is 77.3 Å². The summed E-state index contributed by atoms with van der Waals surface area (Å²) in [5, 5.41) is 4.17. The highest BCUT2D eigenvalue weighted by atomic mass is 19.1. The normalized spacial score (nSPS) is 28.1. The molecule has 1 aromatic carbocycles. The van der Waals surface area contributed by atoms with Crippen LogP contribution in [0, 0.1) is 17.2 Å². The predicted octanol–water partition coefficient (Wildman–Crippen LogP) is 2.47. The maximum atomic E-state index is 13.4. The lowest BCUT2D eigenvalue weighted by molar-refractivity contribution is -0.136. The molecule has 3 aliphatic rings. The molecule has 3 saturated heterocycles. The summed E-state index contributed by atoms with van der Waals surface area (Å²) >= 11 is 0. The number of rotatable bonds is 3. The molecule has 3 aliphatic heterocycles. The zero-order valence-corrected chi connectivity index (χ0v) is 18.3. The summed E-state index contributed by atoms with van der Waals surface area (Å²) in [6.07, 6.45) is 2.87. The third-order valence-electron chi connectivity index (χ3n) is 7.45. The van der Waals surface area contributed by atoms with Crippen LogP contribution in [0.25, 0.3) is 11.4 Å². The van der Waals surface area contributed by atoms with Gasteiger partial charge in [0, 0.05) is 36.5 Å². The second kappa shape index (κ2) is 7.98. The summed E-state index contributed by atoms with van der Waals surface area (Å²) in [6, 6.07) is 6.12. The number of carbonyl (C=O) groups is 1. The Morgan fingerprint density at radius 2 is 1.84 bits per heavy atom. The van der Waals surface area contributed by atoms with Gasteiger partial charge in [0.15, 0.2) is 0 Å². The molecule has 0 radical (unpaired) electrons. The molecule has 31 heavy (non-hydrogen) atoms. The van der Waals surface area contributed by atoms with Crippen LogP contribution in [0.5, 0.6) is 0 Å². The van der Waals surface area contributed by atoms with Gasteiger partial charge in [-0.25, -0.2) is 4.39 Å². The minimum Gasteiger partial charge on any atom is -0.341 e. The van der Waals surface area contributed by atoms with Crippen molar-refractivity contribution in [1.82, 2.24) is 24.8 Å². The molecule has 8 heteroatoms. The Kier molecular flexibility index (Phi) is 5.30. The number of piperidine rings is 1. The van der Waals surface area contributed by atoms with E-state index in [1.54, 1.807) is 12.1 Å². The first kappa shape index (κ1) is 20.6. The van der Waals surface area contributed by atoms with Gasteiger partial charge in [-0.1, -0.05) is 5.16 Å². The van der Waals surface area contributed by atoms with Crippen LogP contribution in [0.1, 0.15) is 31.1 Å². The van der Waals surface area contributed by atoms with E-state index in [1.165, 1.54) is 12.1 Å². The lowest BCUT2D eigenvalue weighted by Gasteiger charge is -2.31. The Labute approximate surface area is 182 Å². The van der Waals surface area contributed by atoms with Crippen molar-refractivity contribution in [2.75, 3.05) is 53.4 Å². The summed E-state index contributed by atoms with van der Waals surface area (Å²) in [4.78, 5) is 24.7. The number of hydrogen-bond donors (Lipinski definition) is 0. The molecule has 0 bridgehead atoms. The molecule has 0 N–H and O–H groups in total. The van der Waals surface area contributed by atoms with E-state index < -0.39 is 0 Å². The number of hydrogen-bond acceptors (Lipinski definition) is 6. The summed E-state index contributed by atoms with van der Waals surface area (Å²) in [6.45, 7) is 5.26. The average Bonchev–Trinajstić information content (AvgIpc) is 3.48. The highest BCUT2D eigenvalue weighted by molar-refractivity contribution is 5.79. The Morgan fingerprint density at radius 3 is 2.52 bits per heavy atom. The lowest BCUT2D eigenvalue weighted by atomic mass is 9.77. The fourth-order valence-electron chi connectivity index (χ4n) is 5.61. The first-order chi connectivity index (χ1) is 14.9. The number of aromatic nitrogens is 2. The van der Waals surface area contributed by atoms with Crippen molar-refractivity contribution in [3.05, 3.63) is 36.0 Å². The van der Waals surface area contributed by atoms with Crippen LogP contribution < -0.4 is 0 Å². The summed E-state index contributed by atoms with van der Waals surface area (Å²) < 4.78 is 19.0. The van der Waals surface area contributed by atoms with Gasteiger partial charge in [0.2, 0.25) is 17.6 Å². The molecule has 1 spiro atoms. The van der Waals surface area contributed by atoms with Crippen molar-refractivity contribution in [1.29, 1.82) is 0 Å². The maximum absolute atomic E-state index is 13.4. The number of amides is 1. The molecule has 3 fully saturated rings. The minimum absolute atomic E-state index is 0.0226. The standard InChI is InChI=1S/C23H30FN5O2/c1-27-10-7-17(8-11-27)22(30)29-13-19(23(15-29)9-12-28(2)14-23)21-25-20(26-31-21)16-3-5-18(24)6-4-16/h3-6,17,19H,7-15H2,1-2H3/t19-,23-/m0/s1. The van der Waals surface area contributed by atoms with E-state index in [0.29, 0.717) is 18.3 Å². The minimum atomic E-state index is -0.292. The van der Waals surface area contributed by atoms with Crippen molar-refractivity contribution in [3.8, 4) is 11.4 Å². The van der Waals surface area contributed by atoms with Crippen LogP contribution >= 0.6 is 0 Å². The molecule has 2 aromatic rings. The summed E-state index contributed by atoms with van der Waals surface area (Å²) in [7, 11) is 4.25. The van der Waals surface area contributed by atoms with Crippen molar-refractivity contribution in [2.45, 2.75) is 25.2 Å². The molecule has 2 atom stereocenters. The lowest BCUT2D eigenvalue weighted by Crippen LogP contribution is -2.41. The van der Waals surface area contributed by atoms with E-state index in [1.807, 2.05) is 0 Å². The summed E-state index contributed by atoms with van der Waals surface area (Å²) in [5.41, 5.74) is 0.675. The monoisotopic (exact) mass is 427 g/mol. The molecular weight excluding hydrogens is 397 g/mol. The zero-order chi connectivity index (χ0) is 21.6. The Balaban J connectivity index is 1.39. The van der Waals surface area contributed by atoms with Gasteiger partial charge in [0.25, 0.3) is 0 Å². The van der Waals surface area contributed by atoms with Crippen LogP contribution in [0.2, 0.25) is 0 Å². The van der Waals surface area contributed by atoms with Gasteiger partial charge in [0.05, 0.1) is 5.92 Å². The summed E-state index contributed by atoms with van der Waals surface area (Å²) in [5.74, 6) is 1.19. The molecule has 5 rings (SSSR count). The van der Waals surface area contributed by atoms with Crippen LogP contribution in [-0.4, -0.2) is 84.1 Å². The smallest absolute Gasteiger partial charge is 0.232 e. The van der Waals surface area contributed by atoms with Gasteiger partial charge < -0.3 is 19.2 Å². The number of nitrogens with zero attached hydrogens (tertiary/aromatic N) is 5. The average molecular weight is 428 g/mol. The highest BCUT2D eigenvalue weighted by Gasteiger charge is 2.54. The first-order valence-corrected chi connectivity index (χ1v) is 11.2. The van der Waals surface area contributed by atoms with Crippen molar-refractivity contribution in [3.63, 3.8) is 0 Å². The SMILES string of the molecule is CN1CCC(C(=O)N2C[C@@H](c3nc(-c4ccc(F)cc4)no3)[C@]3(CCN(C)C3)C2)CC1. The zero-order valence-electron chi connectivity index (χ0n) is 18.3. The second-order valence-corrected chi connectivity index (χ2v) is 9.66. The second-order valence-electron chi connectivity index (χ2n) is 9.66. The fraction of sp³-hybridized carbons (Fsp3) is 0.609. The molecule has 1 aromatic heterocycles. The van der Waals surface area contributed by atoms with Crippen molar-refractivity contribution < 1.29 is 13.7 Å². The topological polar surface area (TPSA) is 65.7 Å². The van der Waals surface area contributed by atoms with Crippen molar-refractivity contribution in [2.24, 2.45) is 11.3 Å². The fourth-order valence-corrected chi connectivity index (χ4v) is 5.61. The number of halogens is 1. The van der Waals surface area contributed by atoms with Gasteiger partial charge in [0.1, 0.15) is 5.82 Å².